The van der Waals surface area contributed by atoms with E-state index in [1.807, 2.05) is 0 Å². The molecule has 3 nitrogen and oxygen atoms in total. The smallest absolute Gasteiger partial charge is 0.145 e. The second-order valence-electron chi connectivity index (χ2n) is 4.64. The van der Waals surface area contributed by atoms with Crippen molar-refractivity contribution in [2.45, 2.75) is 19.9 Å². The van der Waals surface area contributed by atoms with Crippen LogP contribution in [0.2, 0.25) is 0 Å². The Balaban J connectivity index is 2.48. The van der Waals surface area contributed by atoms with Gasteiger partial charge in [0.25, 0.3) is 0 Å². The largest absolute Gasteiger partial charge is 0.456 e. The SMILES string of the molecule is Cc1cc(Oc2ccccc2C#N)c([C@H](C)N)cc1F. The molecule has 2 aromatic rings. The molecule has 20 heavy (non-hydrogen) atoms. The topological polar surface area (TPSA) is 59.0 Å². The van der Waals surface area contributed by atoms with Gasteiger partial charge in [0.05, 0.1) is 5.56 Å². The van der Waals surface area contributed by atoms with Gasteiger partial charge in [0, 0.05) is 11.6 Å². The standard InChI is InChI=1S/C16H15FN2O/c1-10-7-16(13(11(2)19)8-14(10)17)20-15-6-4-3-5-12(15)9-18/h3-8,11H,19H2,1-2H3/t11-/m0/s1. The Morgan fingerprint density at radius 1 is 1.25 bits per heavy atom. The number of hydrogen-bond acceptors (Lipinski definition) is 3. The second kappa shape index (κ2) is 5.72. The molecule has 2 N–H and O–H groups in total. The molecule has 4 heteroatoms. The van der Waals surface area contributed by atoms with Crippen LogP contribution in [-0.4, -0.2) is 0 Å². The molecule has 2 aromatic carbocycles. The first-order valence-corrected chi connectivity index (χ1v) is 6.25. The summed E-state index contributed by atoms with van der Waals surface area (Å²) in [6.45, 7) is 3.41. The van der Waals surface area contributed by atoms with Crippen molar-refractivity contribution in [2.75, 3.05) is 0 Å². The third-order valence-electron chi connectivity index (χ3n) is 3.01. The van der Waals surface area contributed by atoms with Crippen LogP contribution >= 0.6 is 0 Å². The number of hydrogen-bond donors (Lipinski definition) is 1. The van der Waals surface area contributed by atoms with Gasteiger partial charge in [-0.25, -0.2) is 4.39 Å². The van der Waals surface area contributed by atoms with Gasteiger partial charge < -0.3 is 10.5 Å². The van der Waals surface area contributed by atoms with E-state index in [9.17, 15) is 4.39 Å². The van der Waals surface area contributed by atoms with Gasteiger partial charge in [-0.05, 0) is 43.7 Å². The minimum absolute atomic E-state index is 0.321. The number of nitriles is 1. The number of para-hydroxylation sites is 1. The minimum atomic E-state index is -0.366. The molecule has 0 aromatic heterocycles. The zero-order valence-electron chi connectivity index (χ0n) is 11.4. The van der Waals surface area contributed by atoms with Crippen LogP contribution in [0.5, 0.6) is 11.5 Å². The number of ether oxygens (including phenoxy) is 1. The van der Waals surface area contributed by atoms with E-state index in [1.165, 1.54) is 6.07 Å². The van der Waals surface area contributed by atoms with Crippen molar-refractivity contribution in [3.05, 3.63) is 58.9 Å². The predicted octanol–water partition coefficient (Wildman–Crippen LogP) is 3.82. The van der Waals surface area contributed by atoms with E-state index < -0.39 is 0 Å². The number of aryl methyl sites for hydroxylation is 1. The van der Waals surface area contributed by atoms with Crippen molar-refractivity contribution < 1.29 is 9.13 Å². The molecule has 0 saturated carbocycles. The third kappa shape index (κ3) is 2.79. The number of halogens is 1. The van der Waals surface area contributed by atoms with Gasteiger partial charge in [0.2, 0.25) is 0 Å². The summed E-state index contributed by atoms with van der Waals surface area (Å²) in [5.41, 5.74) is 7.31. The Hall–Kier alpha value is -2.38. The van der Waals surface area contributed by atoms with Crippen molar-refractivity contribution in [1.82, 2.24) is 0 Å². The Morgan fingerprint density at radius 2 is 1.95 bits per heavy atom. The van der Waals surface area contributed by atoms with E-state index >= 15 is 0 Å². The van der Waals surface area contributed by atoms with Gasteiger partial charge >= 0.3 is 0 Å². The fourth-order valence-corrected chi connectivity index (χ4v) is 1.88. The average molecular weight is 270 g/mol. The Morgan fingerprint density at radius 3 is 2.60 bits per heavy atom. The van der Waals surface area contributed by atoms with Crippen LogP contribution in [0.4, 0.5) is 4.39 Å². The number of nitrogens with two attached hydrogens (primary N) is 1. The van der Waals surface area contributed by atoms with Crippen LogP contribution in [0, 0.1) is 24.1 Å². The molecule has 0 aliphatic rings. The lowest BCUT2D eigenvalue weighted by Gasteiger charge is -2.15. The monoisotopic (exact) mass is 270 g/mol. The lowest BCUT2D eigenvalue weighted by atomic mass is 10.0. The summed E-state index contributed by atoms with van der Waals surface area (Å²) in [5, 5.41) is 9.06. The summed E-state index contributed by atoms with van der Waals surface area (Å²) in [4.78, 5) is 0. The van der Waals surface area contributed by atoms with Gasteiger partial charge in [-0.2, -0.15) is 5.26 Å². The molecule has 0 unspecified atom stereocenters. The molecule has 0 saturated heterocycles. The molecule has 0 bridgehead atoms. The van der Waals surface area contributed by atoms with E-state index in [1.54, 1.807) is 44.2 Å². The van der Waals surface area contributed by atoms with Gasteiger partial charge in [0.1, 0.15) is 23.4 Å². The quantitative estimate of drug-likeness (QED) is 0.922. The number of nitrogens with zero attached hydrogens (tertiary/aromatic N) is 1. The highest BCUT2D eigenvalue weighted by atomic mass is 19.1. The maximum Gasteiger partial charge on any atom is 0.145 e. The van der Waals surface area contributed by atoms with E-state index in [2.05, 4.69) is 6.07 Å². The molecular formula is C16H15FN2O. The van der Waals surface area contributed by atoms with Crippen molar-refractivity contribution in [3.63, 3.8) is 0 Å². The lowest BCUT2D eigenvalue weighted by Crippen LogP contribution is -2.08. The summed E-state index contributed by atoms with van der Waals surface area (Å²) in [5.74, 6) is 0.586. The van der Waals surface area contributed by atoms with Crippen LogP contribution in [-0.2, 0) is 0 Å². The highest BCUT2D eigenvalue weighted by Gasteiger charge is 2.14. The minimum Gasteiger partial charge on any atom is -0.456 e. The molecule has 0 amide bonds. The van der Waals surface area contributed by atoms with Crippen molar-refractivity contribution >= 4 is 0 Å². The highest BCUT2D eigenvalue weighted by Crippen LogP contribution is 2.32. The average Bonchev–Trinajstić information content (AvgIpc) is 2.43. The number of rotatable bonds is 3. The number of benzene rings is 2. The summed E-state index contributed by atoms with van der Waals surface area (Å²) in [6.07, 6.45) is 0. The molecule has 2 rings (SSSR count). The normalized spacial score (nSPS) is 11.8. The van der Waals surface area contributed by atoms with Crippen molar-refractivity contribution in [1.29, 1.82) is 5.26 Å². The molecule has 0 radical (unpaired) electrons. The van der Waals surface area contributed by atoms with E-state index in [4.69, 9.17) is 15.7 Å². The van der Waals surface area contributed by atoms with Crippen molar-refractivity contribution in [3.8, 4) is 17.6 Å². The molecule has 102 valence electrons. The summed E-state index contributed by atoms with van der Waals surface area (Å²) in [6, 6.07) is 11.6. The van der Waals surface area contributed by atoms with Crippen LogP contribution in [0.3, 0.4) is 0 Å². The molecule has 0 aliphatic carbocycles. The molecule has 1 atom stereocenters. The van der Waals surface area contributed by atoms with E-state index in [-0.39, 0.29) is 11.9 Å². The maximum absolute atomic E-state index is 13.6. The lowest BCUT2D eigenvalue weighted by molar-refractivity contribution is 0.467. The first kappa shape index (κ1) is 14.0. The Kier molecular flexibility index (Phi) is 4.02. The first-order valence-electron chi connectivity index (χ1n) is 6.25. The molecule has 0 fully saturated rings. The fourth-order valence-electron chi connectivity index (χ4n) is 1.88. The third-order valence-corrected chi connectivity index (χ3v) is 3.01. The summed E-state index contributed by atoms with van der Waals surface area (Å²) < 4.78 is 19.4. The van der Waals surface area contributed by atoms with E-state index in [0.717, 1.165) is 0 Å². The Bertz CT molecular complexity index is 675. The Labute approximate surface area is 117 Å². The van der Waals surface area contributed by atoms with Crippen LogP contribution in [0.1, 0.15) is 29.7 Å². The molecule has 0 heterocycles. The van der Waals surface area contributed by atoms with Gasteiger partial charge in [-0.1, -0.05) is 12.1 Å². The molecule has 0 spiro atoms. The van der Waals surface area contributed by atoms with Crippen LogP contribution < -0.4 is 10.5 Å². The van der Waals surface area contributed by atoms with Gasteiger partial charge in [0.15, 0.2) is 0 Å². The predicted molar refractivity (Wildman–Crippen MR) is 75.0 cm³/mol. The zero-order chi connectivity index (χ0) is 14.7. The van der Waals surface area contributed by atoms with Crippen LogP contribution in [0.25, 0.3) is 0 Å². The van der Waals surface area contributed by atoms with Gasteiger partial charge in [-0.3, -0.25) is 0 Å². The molecular weight excluding hydrogens is 255 g/mol. The van der Waals surface area contributed by atoms with Crippen LogP contribution in [0.15, 0.2) is 36.4 Å². The summed E-state index contributed by atoms with van der Waals surface area (Å²) >= 11 is 0. The zero-order valence-corrected chi connectivity index (χ0v) is 11.4. The molecule has 0 aliphatic heterocycles. The van der Waals surface area contributed by atoms with Gasteiger partial charge in [-0.15, -0.1) is 0 Å². The second-order valence-corrected chi connectivity index (χ2v) is 4.64. The van der Waals surface area contributed by atoms with Crippen molar-refractivity contribution in [2.24, 2.45) is 5.73 Å². The fraction of sp³-hybridized carbons (Fsp3) is 0.188. The maximum atomic E-state index is 13.6. The summed E-state index contributed by atoms with van der Waals surface area (Å²) in [7, 11) is 0. The first-order chi connectivity index (χ1) is 9.52. The van der Waals surface area contributed by atoms with E-state index in [0.29, 0.717) is 28.2 Å². The highest BCUT2D eigenvalue weighted by molar-refractivity contribution is 5.48.